The smallest absolute Gasteiger partial charge is 0.341 e. The van der Waals surface area contributed by atoms with Crippen LogP contribution in [-0.2, 0) is 22.5 Å². The second kappa shape index (κ2) is 8.59. The Balaban J connectivity index is 1.80. The molecule has 0 unspecified atom stereocenters. The van der Waals surface area contributed by atoms with Gasteiger partial charge in [-0.25, -0.2) is 4.79 Å². The van der Waals surface area contributed by atoms with Gasteiger partial charge in [-0.3, -0.25) is 0 Å². The summed E-state index contributed by atoms with van der Waals surface area (Å²) in [7, 11) is 0. The van der Waals surface area contributed by atoms with Gasteiger partial charge < -0.3 is 20.1 Å². The summed E-state index contributed by atoms with van der Waals surface area (Å²) >= 11 is 7.01. The van der Waals surface area contributed by atoms with Gasteiger partial charge >= 0.3 is 5.97 Å². The van der Waals surface area contributed by atoms with E-state index < -0.39 is 5.60 Å². The maximum atomic E-state index is 12.9. The Bertz CT molecular complexity index is 857. The minimum atomic E-state index is -0.561. The maximum Gasteiger partial charge on any atom is 0.341 e. The molecule has 150 valence electrons. The molecule has 0 spiro atoms. The number of fused-ring (bicyclic) bond motifs is 1. The Kier molecular flexibility index (Phi) is 6.37. The minimum Gasteiger partial charge on any atom is -0.456 e. The van der Waals surface area contributed by atoms with E-state index in [2.05, 4.69) is 10.6 Å². The highest BCUT2D eigenvalue weighted by Gasteiger charge is 2.29. The van der Waals surface area contributed by atoms with Crippen LogP contribution in [0.5, 0.6) is 0 Å². The lowest BCUT2D eigenvalue weighted by atomic mass is 10.1. The van der Waals surface area contributed by atoms with E-state index in [1.54, 1.807) is 0 Å². The van der Waals surface area contributed by atoms with Crippen molar-refractivity contribution in [1.29, 1.82) is 0 Å². The highest BCUT2D eigenvalue weighted by molar-refractivity contribution is 7.80. The zero-order valence-corrected chi connectivity index (χ0v) is 18.3. The van der Waals surface area contributed by atoms with E-state index in [0.717, 1.165) is 16.0 Å². The third-order valence-electron chi connectivity index (χ3n) is 4.30. The average molecular weight is 419 g/mol. The molecule has 0 radical (unpaired) electrons. The molecule has 1 aliphatic rings. The van der Waals surface area contributed by atoms with Crippen molar-refractivity contribution in [3.05, 3.63) is 51.9 Å². The molecular formula is C21H26N2O3S2. The van der Waals surface area contributed by atoms with E-state index in [0.29, 0.717) is 35.3 Å². The number of esters is 1. The third-order valence-corrected chi connectivity index (χ3v) is 5.64. The van der Waals surface area contributed by atoms with Crippen LogP contribution in [0.15, 0.2) is 30.3 Å². The quantitative estimate of drug-likeness (QED) is 0.548. The van der Waals surface area contributed by atoms with Crippen molar-refractivity contribution in [2.45, 2.75) is 52.4 Å². The van der Waals surface area contributed by atoms with Crippen LogP contribution in [-0.4, -0.2) is 23.3 Å². The number of benzene rings is 1. The molecule has 2 heterocycles. The van der Waals surface area contributed by atoms with Crippen molar-refractivity contribution in [2.24, 2.45) is 0 Å². The molecule has 1 aromatic heterocycles. The molecule has 1 atom stereocenters. The normalized spacial score (nSPS) is 14.7. The van der Waals surface area contributed by atoms with Crippen LogP contribution >= 0.6 is 23.6 Å². The molecule has 5 nitrogen and oxygen atoms in total. The van der Waals surface area contributed by atoms with Crippen LogP contribution < -0.4 is 10.6 Å². The molecule has 0 bridgehead atoms. The first-order chi connectivity index (χ1) is 13.2. The Morgan fingerprint density at radius 3 is 2.68 bits per heavy atom. The molecule has 0 saturated carbocycles. The van der Waals surface area contributed by atoms with E-state index in [9.17, 15) is 4.79 Å². The van der Waals surface area contributed by atoms with Crippen LogP contribution in [0.25, 0.3) is 0 Å². The number of ether oxygens (including phenoxy) is 2. The summed E-state index contributed by atoms with van der Waals surface area (Å²) in [5, 5.41) is 7.68. The fourth-order valence-corrected chi connectivity index (χ4v) is 4.55. The molecule has 1 aliphatic heterocycles. The fraction of sp³-hybridized carbons (Fsp3) is 0.429. The SMILES string of the molecule is C[C@H](NC(=S)Nc1sc2c(c1C(=O)OC(C)(C)C)CCOC2)c1ccccc1. The molecule has 0 amide bonds. The first-order valence-corrected chi connectivity index (χ1v) is 10.5. The Hall–Kier alpha value is -1.96. The molecule has 7 heteroatoms. The number of anilines is 1. The van der Waals surface area contributed by atoms with Gasteiger partial charge in [0.05, 0.1) is 24.8 Å². The largest absolute Gasteiger partial charge is 0.456 e. The van der Waals surface area contributed by atoms with Crippen molar-refractivity contribution < 1.29 is 14.3 Å². The summed E-state index contributed by atoms with van der Waals surface area (Å²) in [6.07, 6.45) is 0.697. The number of nitrogens with one attached hydrogen (secondary N) is 2. The summed E-state index contributed by atoms with van der Waals surface area (Å²) in [4.78, 5) is 13.9. The summed E-state index contributed by atoms with van der Waals surface area (Å²) in [5.74, 6) is -0.326. The van der Waals surface area contributed by atoms with Crippen LogP contribution in [0, 0.1) is 0 Å². The van der Waals surface area contributed by atoms with E-state index in [1.165, 1.54) is 11.3 Å². The van der Waals surface area contributed by atoms with Gasteiger partial charge in [0.2, 0.25) is 0 Å². The summed E-state index contributed by atoms with van der Waals surface area (Å²) in [6.45, 7) is 8.77. The topological polar surface area (TPSA) is 59.6 Å². The van der Waals surface area contributed by atoms with Crippen molar-refractivity contribution >= 4 is 39.6 Å². The molecule has 2 N–H and O–H groups in total. The number of hydrogen-bond acceptors (Lipinski definition) is 5. The monoisotopic (exact) mass is 418 g/mol. The second-order valence-corrected chi connectivity index (χ2v) is 9.26. The van der Waals surface area contributed by atoms with E-state index in [1.807, 2.05) is 58.0 Å². The second-order valence-electron chi connectivity index (χ2n) is 7.74. The summed E-state index contributed by atoms with van der Waals surface area (Å²) in [5.41, 5.74) is 2.16. The predicted octanol–water partition coefficient (Wildman–Crippen LogP) is 4.82. The number of hydrogen-bond donors (Lipinski definition) is 2. The first kappa shape index (κ1) is 20.8. The highest BCUT2D eigenvalue weighted by Crippen LogP contribution is 2.37. The highest BCUT2D eigenvalue weighted by atomic mass is 32.1. The van der Waals surface area contributed by atoms with Gasteiger partial charge in [-0.15, -0.1) is 11.3 Å². The number of carbonyl (C=O) groups excluding carboxylic acids is 1. The Morgan fingerprint density at radius 2 is 2.00 bits per heavy atom. The van der Waals surface area contributed by atoms with Crippen molar-refractivity contribution in [3.63, 3.8) is 0 Å². The fourth-order valence-electron chi connectivity index (χ4n) is 3.03. The number of rotatable bonds is 4. The zero-order chi connectivity index (χ0) is 20.3. The number of carbonyl (C=O) groups is 1. The molecule has 0 aliphatic carbocycles. The average Bonchev–Trinajstić information content (AvgIpc) is 2.98. The van der Waals surface area contributed by atoms with Crippen LogP contribution in [0.3, 0.4) is 0 Å². The van der Waals surface area contributed by atoms with Crippen molar-refractivity contribution in [1.82, 2.24) is 5.32 Å². The summed E-state index contributed by atoms with van der Waals surface area (Å²) in [6, 6.07) is 10.1. The zero-order valence-electron chi connectivity index (χ0n) is 16.6. The minimum absolute atomic E-state index is 0.0455. The Labute approximate surface area is 175 Å². The number of thiocarbonyl (C=S) groups is 1. The lowest BCUT2D eigenvalue weighted by molar-refractivity contribution is 0.00686. The van der Waals surface area contributed by atoms with Gasteiger partial charge in [-0.2, -0.15) is 0 Å². The standard InChI is InChI=1S/C21H26N2O3S2/c1-13(14-8-6-5-7-9-14)22-20(27)23-18-17(19(24)26-21(2,3)4)15-10-11-25-12-16(15)28-18/h5-9,13H,10-12H2,1-4H3,(H2,22,23,27)/t13-/m0/s1. The van der Waals surface area contributed by atoms with Gasteiger partial charge in [0.15, 0.2) is 5.11 Å². The van der Waals surface area contributed by atoms with E-state index in [-0.39, 0.29) is 12.0 Å². The van der Waals surface area contributed by atoms with Gasteiger partial charge in [0.1, 0.15) is 10.6 Å². The van der Waals surface area contributed by atoms with Gasteiger partial charge in [0, 0.05) is 4.88 Å². The lowest BCUT2D eigenvalue weighted by Crippen LogP contribution is -2.31. The molecule has 2 aromatic rings. The van der Waals surface area contributed by atoms with E-state index in [4.69, 9.17) is 21.7 Å². The van der Waals surface area contributed by atoms with Crippen LogP contribution in [0.2, 0.25) is 0 Å². The van der Waals surface area contributed by atoms with Gasteiger partial charge in [-0.05, 0) is 57.5 Å². The number of thiophene rings is 1. The molecule has 0 fully saturated rings. The molecule has 3 rings (SSSR count). The molecule has 0 saturated heterocycles. The predicted molar refractivity (Wildman–Crippen MR) is 117 cm³/mol. The summed E-state index contributed by atoms with van der Waals surface area (Å²) < 4.78 is 11.2. The van der Waals surface area contributed by atoms with Crippen molar-refractivity contribution in [3.8, 4) is 0 Å². The van der Waals surface area contributed by atoms with Crippen molar-refractivity contribution in [2.75, 3.05) is 11.9 Å². The molecular weight excluding hydrogens is 392 g/mol. The van der Waals surface area contributed by atoms with Crippen LogP contribution in [0.4, 0.5) is 5.00 Å². The Morgan fingerprint density at radius 1 is 1.29 bits per heavy atom. The van der Waals surface area contributed by atoms with E-state index >= 15 is 0 Å². The van der Waals surface area contributed by atoms with Gasteiger partial charge in [0.25, 0.3) is 0 Å². The molecule has 28 heavy (non-hydrogen) atoms. The third kappa shape index (κ3) is 5.10. The maximum absolute atomic E-state index is 12.9. The first-order valence-electron chi connectivity index (χ1n) is 9.32. The lowest BCUT2D eigenvalue weighted by Gasteiger charge is -2.21. The van der Waals surface area contributed by atoms with Crippen LogP contribution in [0.1, 0.15) is 60.1 Å². The molecule has 1 aromatic carbocycles. The van der Waals surface area contributed by atoms with Gasteiger partial charge in [-0.1, -0.05) is 30.3 Å².